The lowest BCUT2D eigenvalue weighted by Gasteiger charge is -2.35. The van der Waals surface area contributed by atoms with Crippen LogP contribution in [-0.2, 0) is 16.6 Å². The summed E-state index contributed by atoms with van der Waals surface area (Å²) >= 11 is 0. The highest BCUT2D eigenvalue weighted by Crippen LogP contribution is 2.46. The number of imide groups is 2. The summed E-state index contributed by atoms with van der Waals surface area (Å²) in [6.07, 6.45) is 9.04. The van der Waals surface area contributed by atoms with Crippen LogP contribution in [0.2, 0.25) is 0 Å². The van der Waals surface area contributed by atoms with Crippen LogP contribution in [0.3, 0.4) is 0 Å². The molecule has 4 aromatic rings. The molecule has 0 spiro atoms. The molecule has 13 heteroatoms. The van der Waals surface area contributed by atoms with E-state index in [0.717, 1.165) is 47.5 Å². The lowest BCUT2D eigenvalue weighted by Crippen LogP contribution is -2.54. The number of carbonyl (C=O) groups is 4. The van der Waals surface area contributed by atoms with E-state index in [4.69, 9.17) is 5.10 Å². The molecule has 3 fully saturated rings. The molecule has 1 unspecified atom stereocenters. The topological polar surface area (TPSA) is 144 Å². The Kier molecular flexibility index (Phi) is 5.94. The van der Waals surface area contributed by atoms with Crippen molar-refractivity contribution < 1.29 is 23.6 Å². The van der Waals surface area contributed by atoms with E-state index >= 15 is 0 Å². The number of rotatable bonds is 7. The molecule has 224 valence electrons. The van der Waals surface area contributed by atoms with Gasteiger partial charge in [-0.3, -0.25) is 43.7 Å². The molecule has 44 heavy (non-hydrogen) atoms. The smallest absolute Gasteiger partial charge is 0.262 e. The number of carbonyl (C=O) groups excluding carboxylic acids is 4. The van der Waals surface area contributed by atoms with Crippen LogP contribution in [0.1, 0.15) is 76.9 Å². The highest BCUT2D eigenvalue weighted by Gasteiger charge is 2.44. The van der Waals surface area contributed by atoms with E-state index in [1.165, 1.54) is 12.4 Å². The largest absolute Gasteiger partial charge is 0.385 e. The predicted molar refractivity (Wildman–Crippen MR) is 155 cm³/mol. The van der Waals surface area contributed by atoms with Crippen LogP contribution in [0.15, 0.2) is 36.8 Å². The van der Waals surface area contributed by atoms with Crippen molar-refractivity contribution in [2.24, 2.45) is 13.0 Å². The predicted octanol–water partition coefficient (Wildman–Crippen LogP) is 3.31. The highest BCUT2D eigenvalue weighted by molar-refractivity contribution is 6.23. The number of aromatic nitrogens is 5. The van der Waals surface area contributed by atoms with Crippen LogP contribution in [0.4, 0.5) is 10.1 Å². The van der Waals surface area contributed by atoms with E-state index < -0.39 is 35.5 Å². The zero-order valence-electron chi connectivity index (χ0n) is 23.9. The van der Waals surface area contributed by atoms with Crippen LogP contribution in [-0.4, -0.2) is 65.7 Å². The van der Waals surface area contributed by atoms with Gasteiger partial charge in [0.25, 0.3) is 11.8 Å². The molecule has 3 aromatic heterocycles. The fourth-order valence-electron chi connectivity index (χ4n) is 6.70. The average Bonchev–Trinajstić information content (AvgIpc) is 3.55. The second-order valence-corrected chi connectivity index (χ2v) is 12.2. The van der Waals surface area contributed by atoms with Crippen molar-refractivity contribution in [3.05, 3.63) is 59.4 Å². The first-order chi connectivity index (χ1) is 21.3. The van der Waals surface area contributed by atoms with Gasteiger partial charge in [0, 0.05) is 43.4 Å². The number of hydrogen-bond donors (Lipinski definition) is 2. The maximum absolute atomic E-state index is 14.4. The maximum Gasteiger partial charge on any atom is 0.262 e. The van der Waals surface area contributed by atoms with Crippen molar-refractivity contribution in [1.82, 2.24) is 34.8 Å². The van der Waals surface area contributed by atoms with E-state index in [2.05, 4.69) is 20.7 Å². The molecule has 4 aliphatic rings. The van der Waals surface area contributed by atoms with Gasteiger partial charge in [0.1, 0.15) is 6.04 Å². The zero-order valence-corrected chi connectivity index (χ0v) is 23.9. The Morgan fingerprint density at radius 2 is 1.82 bits per heavy atom. The minimum Gasteiger partial charge on any atom is -0.385 e. The van der Waals surface area contributed by atoms with Crippen molar-refractivity contribution in [3.8, 4) is 11.3 Å². The van der Waals surface area contributed by atoms with Gasteiger partial charge >= 0.3 is 0 Å². The number of fused-ring (bicyclic) bond motifs is 2. The fourth-order valence-corrected chi connectivity index (χ4v) is 6.70. The van der Waals surface area contributed by atoms with E-state index in [1.807, 2.05) is 10.9 Å². The number of piperidine rings is 1. The molecular formula is C31H29FN8O4. The van der Waals surface area contributed by atoms with Crippen LogP contribution in [0.25, 0.3) is 22.2 Å². The third-order valence-corrected chi connectivity index (χ3v) is 9.33. The number of amides is 4. The summed E-state index contributed by atoms with van der Waals surface area (Å²) in [6.45, 7) is 0.688. The summed E-state index contributed by atoms with van der Waals surface area (Å²) in [6, 6.07) is 4.29. The van der Waals surface area contributed by atoms with Gasteiger partial charge in [-0.2, -0.15) is 10.2 Å². The third kappa shape index (κ3) is 4.20. The summed E-state index contributed by atoms with van der Waals surface area (Å²) in [5, 5.41) is 15.3. The van der Waals surface area contributed by atoms with E-state index in [-0.39, 0.29) is 30.0 Å². The van der Waals surface area contributed by atoms with E-state index in [0.29, 0.717) is 35.0 Å². The number of pyridine rings is 1. The number of nitrogens with one attached hydrogen (secondary N) is 2. The van der Waals surface area contributed by atoms with Gasteiger partial charge in [0.15, 0.2) is 5.82 Å². The molecule has 1 saturated heterocycles. The van der Waals surface area contributed by atoms with Crippen LogP contribution >= 0.6 is 0 Å². The lowest BCUT2D eigenvalue weighted by molar-refractivity contribution is -0.136. The van der Waals surface area contributed by atoms with Gasteiger partial charge in [-0.15, -0.1) is 0 Å². The molecule has 8 rings (SSSR count). The van der Waals surface area contributed by atoms with E-state index in [9.17, 15) is 23.6 Å². The number of nitrogens with zero attached hydrogens (tertiary/aromatic N) is 6. The highest BCUT2D eigenvalue weighted by atomic mass is 19.1. The van der Waals surface area contributed by atoms with Gasteiger partial charge in [-0.1, -0.05) is 0 Å². The first-order valence-electron chi connectivity index (χ1n) is 14.9. The molecule has 2 saturated carbocycles. The number of aryl methyl sites for hydroxylation is 1. The van der Waals surface area contributed by atoms with Gasteiger partial charge in [0.05, 0.1) is 51.9 Å². The molecule has 2 aliphatic heterocycles. The normalized spacial score (nSPS) is 23.2. The van der Waals surface area contributed by atoms with Crippen molar-refractivity contribution >= 4 is 40.2 Å². The Balaban J connectivity index is 0.943. The SMILES string of the molecule is Cn1ncc2c(F)cnc(-c3cn(C4CC(CNc5ccc6c(c5)C(=O)N(C5CCC(=O)NC5=O)C6=O)C4)nc3C3CC3)c21. The second-order valence-electron chi connectivity index (χ2n) is 12.2. The first-order valence-corrected chi connectivity index (χ1v) is 14.9. The molecular weight excluding hydrogens is 567 g/mol. The number of halogens is 1. The van der Waals surface area contributed by atoms with Gasteiger partial charge in [-0.25, -0.2) is 4.39 Å². The second kappa shape index (κ2) is 9.79. The van der Waals surface area contributed by atoms with Crippen LogP contribution in [0, 0.1) is 11.7 Å². The molecule has 1 aromatic carbocycles. The lowest BCUT2D eigenvalue weighted by atomic mass is 9.80. The summed E-state index contributed by atoms with van der Waals surface area (Å²) in [7, 11) is 1.79. The van der Waals surface area contributed by atoms with Crippen molar-refractivity contribution in [2.75, 3.05) is 11.9 Å². The minimum absolute atomic E-state index is 0.0815. The molecule has 12 nitrogen and oxygen atoms in total. The minimum atomic E-state index is -0.985. The maximum atomic E-state index is 14.4. The summed E-state index contributed by atoms with van der Waals surface area (Å²) in [5.74, 6) is -1.68. The fraction of sp³-hybridized carbons (Fsp3) is 0.387. The summed E-state index contributed by atoms with van der Waals surface area (Å²) < 4.78 is 18.1. The Morgan fingerprint density at radius 3 is 2.59 bits per heavy atom. The molecule has 4 amide bonds. The van der Waals surface area contributed by atoms with Crippen molar-refractivity contribution in [3.63, 3.8) is 0 Å². The van der Waals surface area contributed by atoms with Crippen LogP contribution < -0.4 is 10.6 Å². The first kappa shape index (κ1) is 26.7. The average molecular weight is 597 g/mol. The quantitative estimate of drug-likeness (QED) is 0.309. The summed E-state index contributed by atoms with van der Waals surface area (Å²) in [4.78, 5) is 55.4. The van der Waals surface area contributed by atoms with Gasteiger partial charge < -0.3 is 5.32 Å². The molecule has 0 bridgehead atoms. The third-order valence-electron chi connectivity index (χ3n) is 9.33. The summed E-state index contributed by atoms with van der Waals surface area (Å²) in [5.41, 5.74) is 4.55. The zero-order chi connectivity index (χ0) is 30.3. The van der Waals surface area contributed by atoms with Gasteiger partial charge in [-0.05, 0) is 56.2 Å². The number of benzene rings is 1. The molecule has 0 radical (unpaired) electrons. The Bertz CT molecular complexity index is 1900. The van der Waals surface area contributed by atoms with Crippen molar-refractivity contribution in [1.29, 1.82) is 0 Å². The number of hydrogen-bond acceptors (Lipinski definition) is 8. The molecule has 2 N–H and O–H groups in total. The van der Waals surface area contributed by atoms with Gasteiger partial charge in [0.2, 0.25) is 11.8 Å². The Morgan fingerprint density at radius 1 is 1.02 bits per heavy atom. The molecule has 1 atom stereocenters. The molecule has 5 heterocycles. The monoisotopic (exact) mass is 596 g/mol. The Hall–Kier alpha value is -4.94. The molecule has 2 aliphatic carbocycles. The van der Waals surface area contributed by atoms with Crippen LogP contribution in [0.5, 0.6) is 0 Å². The van der Waals surface area contributed by atoms with Crippen molar-refractivity contribution in [2.45, 2.75) is 56.5 Å². The standard InChI is InChI=1S/C31H29FN8O4/c1-38-28-21(12-35-38)23(32)13-34-27(28)22-14-39(37-26(22)16-2-3-16)18-8-15(9-18)11-33-17-4-5-19-20(10-17)31(44)40(30(19)43)24-6-7-25(41)36-29(24)42/h4-5,10,12-16,18,24,33H,2-3,6-9,11H2,1H3,(H,36,41,42). The Labute approximate surface area is 250 Å². The number of anilines is 1. The van der Waals surface area contributed by atoms with E-state index in [1.54, 1.807) is 29.9 Å².